The number of hydrogen-bond donors (Lipinski definition) is 1. The SMILES string of the molecule is COC(=O)C(C)NS(=O)(=O)c1ccc2c(c1)OCO2. The van der Waals surface area contributed by atoms with Crippen LogP contribution in [-0.4, -0.2) is 34.3 Å². The number of rotatable bonds is 4. The standard InChI is InChI=1S/C11H13NO6S/c1-7(11(13)16-2)12-19(14,15)8-3-4-9-10(5-8)18-6-17-9/h3-5,7,12H,6H2,1-2H3. The molecule has 0 aliphatic carbocycles. The normalized spacial score (nSPS) is 15.1. The number of ether oxygens (including phenoxy) is 3. The van der Waals surface area contributed by atoms with Gasteiger partial charge < -0.3 is 14.2 Å². The van der Waals surface area contributed by atoms with Crippen LogP contribution in [0.4, 0.5) is 0 Å². The van der Waals surface area contributed by atoms with Gasteiger partial charge in [-0.15, -0.1) is 0 Å². The molecule has 0 fully saturated rings. The molecule has 1 aromatic carbocycles. The maximum absolute atomic E-state index is 12.0. The highest BCUT2D eigenvalue weighted by atomic mass is 32.2. The van der Waals surface area contributed by atoms with Gasteiger partial charge in [0.2, 0.25) is 16.8 Å². The first-order valence-corrected chi connectivity index (χ1v) is 6.92. The Labute approximate surface area is 110 Å². The van der Waals surface area contributed by atoms with Gasteiger partial charge in [0.05, 0.1) is 12.0 Å². The molecule has 0 spiro atoms. The first-order chi connectivity index (χ1) is 8.94. The average Bonchev–Trinajstić information content (AvgIpc) is 2.84. The first-order valence-electron chi connectivity index (χ1n) is 5.44. The summed E-state index contributed by atoms with van der Waals surface area (Å²) >= 11 is 0. The molecule has 7 nitrogen and oxygen atoms in total. The molecule has 0 amide bonds. The molecule has 19 heavy (non-hydrogen) atoms. The van der Waals surface area contributed by atoms with Crippen LogP contribution < -0.4 is 14.2 Å². The van der Waals surface area contributed by atoms with E-state index in [0.29, 0.717) is 11.5 Å². The Balaban J connectivity index is 2.22. The lowest BCUT2D eigenvalue weighted by Crippen LogP contribution is -2.39. The van der Waals surface area contributed by atoms with Crippen LogP contribution in [0.5, 0.6) is 11.5 Å². The predicted octanol–water partition coefficient (Wildman–Crippen LogP) is 0.255. The Bertz CT molecular complexity index is 597. The van der Waals surface area contributed by atoms with E-state index < -0.39 is 22.0 Å². The van der Waals surface area contributed by atoms with Crippen LogP contribution in [0.1, 0.15) is 6.92 Å². The van der Waals surface area contributed by atoms with Crippen molar-refractivity contribution >= 4 is 16.0 Å². The number of methoxy groups -OCH3 is 1. The molecular weight excluding hydrogens is 274 g/mol. The highest BCUT2D eigenvalue weighted by Crippen LogP contribution is 2.33. The van der Waals surface area contributed by atoms with Crippen molar-refractivity contribution in [1.29, 1.82) is 0 Å². The summed E-state index contributed by atoms with van der Waals surface area (Å²) < 4.78 is 41.0. The van der Waals surface area contributed by atoms with Crippen LogP contribution in [0.15, 0.2) is 23.1 Å². The predicted molar refractivity (Wildman–Crippen MR) is 64.4 cm³/mol. The smallest absolute Gasteiger partial charge is 0.323 e. The van der Waals surface area contributed by atoms with E-state index in [1.807, 2.05) is 0 Å². The quantitative estimate of drug-likeness (QED) is 0.799. The highest BCUT2D eigenvalue weighted by molar-refractivity contribution is 7.89. The summed E-state index contributed by atoms with van der Waals surface area (Å²) in [5, 5.41) is 0. The van der Waals surface area contributed by atoms with Gasteiger partial charge in [0.15, 0.2) is 11.5 Å². The molecule has 1 aliphatic heterocycles. The summed E-state index contributed by atoms with van der Waals surface area (Å²) in [5.74, 6) is 0.179. The number of carbonyl (C=O) groups is 1. The zero-order chi connectivity index (χ0) is 14.0. The van der Waals surface area contributed by atoms with E-state index in [2.05, 4.69) is 9.46 Å². The van der Waals surface area contributed by atoms with Crippen LogP contribution in [0, 0.1) is 0 Å². The van der Waals surface area contributed by atoms with E-state index in [1.54, 1.807) is 0 Å². The maximum atomic E-state index is 12.0. The zero-order valence-corrected chi connectivity index (χ0v) is 11.2. The maximum Gasteiger partial charge on any atom is 0.323 e. The minimum absolute atomic E-state index is 0.00694. The van der Waals surface area contributed by atoms with E-state index >= 15 is 0 Å². The first kappa shape index (κ1) is 13.6. The third-order valence-electron chi connectivity index (χ3n) is 2.54. The lowest BCUT2D eigenvalue weighted by Gasteiger charge is -2.12. The Morgan fingerprint density at radius 1 is 1.37 bits per heavy atom. The summed E-state index contributed by atoms with van der Waals surface area (Å²) in [4.78, 5) is 11.2. The second kappa shape index (κ2) is 5.06. The Morgan fingerprint density at radius 3 is 2.74 bits per heavy atom. The second-order valence-corrected chi connectivity index (χ2v) is 5.60. The number of benzene rings is 1. The molecular formula is C11H13NO6S. The fourth-order valence-electron chi connectivity index (χ4n) is 1.57. The van der Waals surface area contributed by atoms with Gasteiger partial charge in [0, 0.05) is 6.07 Å². The van der Waals surface area contributed by atoms with Crippen LogP contribution in [0.25, 0.3) is 0 Å². The molecule has 8 heteroatoms. The van der Waals surface area contributed by atoms with E-state index in [9.17, 15) is 13.2 Å². The van der Waals surface area contributed by atoms with Gasteiger partial charge in [-0.1, -0.05) is 0 Å². The minimum Gasteiger partial charge on any atom is -0.468 e. The Hall–Kier alpha value is -1.80. The lowest BCUT2D eigenvalue weighted by molar-refractivity contribution is -0.142. The Kier molecular flexibility index (Phi) is 3.63. The molecule has 104 valence electrons. The van der Waals surface area contributed by atoms with Crippen molar-refractivity contribution < 1.29 is 27.4 Å². The summed E-state index contributed by atoms with van der Waals surface area (Å²) in [5.41, 5.74) is 0. The molecule has 1 heterocycles. The summed E-state index contributed by atoms with van der Waals surface area (Å²) in [6.07, 6.45) is 0. The van der Waals surface area contributed by atoms with E-state index in [1.165, 1.54) is 32.2 Å². The molecule has 1 unspecified atom stereocenters. The summed E-state index contributed by atoms with van der Waals surface area (Å²) in [6, 6.07) is 3.24. The molecule has 0 saturated carbocycles. The number of nitrogens with one attached hydrogen (secondary N) is 1. The van der Waals surface area contributed by atoms with Crippen LogP contribution in [0.2, 0.25) is 0 Å². The number of fused-ring (bicyclic) bond motifs is 1. The van der Waals surface area contributed by atoms with Crippen molar-refractivity contribution in [2.45, 2.75) is 17.9 Å². The topological polar surface area (TPSA) is 90.9 Å². The Morgan fingerprint density at radius 2 is 2.05 bits per heavy atom. The molecule has 0 saturated heterocycles. The van der Waals surface area contributed by atoms with Gasteiger partial charge in [-0.25, -0.2) is 8.42 Å². The molecule has 0 bridgehead atoms. The number of carbonyl (C=O) groups excluding carboxylic acids is 1. The summed E-state index contributed by atoms with van der Waals surface area (Å²) in [6.45, 7) is 1.46. The van der Waals surface area contributed by atoms with Gasteiger partial charge in [-0.2, -0.15) is 4.72 Å². The number of hydrogen-bond acceptors (Lipinski definition) is 6. The van der Waals surface area contributed by atoms with E-state index in [0.717, 1.165) is 0 Å². The van der Waals surface area contributed by atoms with Crippen molar-refractivity contribution in [2.24, 2.45) is 0 Å². The molecule has 1 aromatic rings. The molecule has 0 radical (unpaired) electrons. The molecule has 1 aliphatic rings. The van der Waals surface area contributed by atoms with Crippen molar-refractivity contribution in [1.82, 2.24) is 4.72 Å². The number of esters is 1. The zero-order valence-electron chi connectivity index (χ0n) is 10.4. The molecule has 0 aromatic heterocycles. The van der Waals surface area contributed by atoms with E-state index in [-0.39, 0.29) is 11.7 Å². The monoisotopic (exact) mass is 287 g/mol. The van der Waals surface area contributed by atoms with Crippen molar-refractivity contribution in [3.05, 3.63) is 18.2 Å². The van der Waals surface area contributed by atoms with Gasteiger partial charge >= 0.3 is 5.97 Å². The molecule has 2 rings (SSSR count). The third kappa shape index (κ3) is 2.79. The molecule has 1 atom stereocenters. The van der Waals surface area contributed by atoms with Crippen molar-refractivity contribution in [2.75, 3.05) is 13.9 Å². The van der Waals surface area contributed by atoms with Gasteiger partial charge in [-0.05, 0) is 19.1 Å². The fraction of sp³-hybridized carbons (Fsp3) is 0.364. The van der Waals surface area contributed by atoms with Gasteiger partial charge in [-0.3, -0.25) is 4.79 Å². The van der Waals surface area contributed by atoms with Crippen LogP contribution in [-0.2, 0) is 19.6 Å². The van der Waals surface area contributed by atoms with Gasteiger partial charge in [0.1, 0.15) is 6.04 Å². The largest absolute Gasteiger partial charge is 0.468 e. The van der Waals surface area contributed by atoms with Crippen LogP contribution in [0.3, 0.4) is 0 Å². The minimum atomic E-state index is -3.82. The van der Waals surface area contributed by atoms with Crippen molar-refractivity contribution in [3.63, 3.8) is 0 Å². The highest BCUT2D eigenvalue weighted by Gasteiger charge is 2.24. The lowest BCUT2D eigenvalue weighted by atomic mass is 10.3. The van der Waals surface area contributed by atoms with Gasteiger partial charge in [0.25, 0.3) is 0 Å². The van der Waals surface area contributed by atoms with Crippen LogP contribution >= 0.6 is 0 Å². The second-order valence-electron chi connectivity index (χ2n) is 3.88. The van der Waals surface area contributed by atoms with E-state index in [4.69, 9.17) is 9.47 Å². The average molecular weight is 287 g/mol. The molecule has 1 N–H and O–H groups in total. The summed E-state index contributed by atoms with van der Waals surface area (Å²) in [7, 11) is -2.63. The fourth-order valence-corrected chi connectivity index (χ4v) is 2.78. The van der Waals surface area contributed by atoms with Crippen molar-refractivity contribution in [3.8, 4) is 11.5 Å². The third-order valence-corrected chi connectivity index (χ3v) is 4.08. The number of sulfonamides is 1.